The Balaban J connectivity index is 1.97. The van der Waals surface area contributed by atoms with Gasteiger partial charge in [0.1, 0.15) is 0 Å². The smallest absolute Gasteiger partial charge is 0.322 e. The van der Waals surface area contributed by atoms with Crippen molar-refractivity contribution in [2.75, 3.05) is 24.6 Å². The van der Waals surface area contributed by atoms with Gasteiger partial charge < -0.3 is 4.90 Å². The van der Waals surface area contributed by atoms with Gasteiger partial charge in [-0.1, -0.05) is 28.1 Å². The van der Waals surface area contributed by atoms with Gasteiger partial charge in [0.15, 0.2) is 0 Å². The third-order valence-corrected chi connectivity index (χ3v) is 5.26. The fourth-order valence-electron chi connectivity index (χ4n) is 1.73. The van der Waals surface area contributed by atoms with Gasteiger partial charge >= 0.3 is 6.03 Å². The molecule has 21 heavy (non-hydrogen) atoms. The molecule has 2 rings (SSSR count). The molecule has 0 radical (unpaired) electrons. The second kappa shape index (κ2) is 7.33. The van der Waals surface area contributed by atoms with Crippen LogP contribution < -0.4 is 4.72 Å². The summed E-state index contributed by atoms with van der Waals surface area (Å²) in [6, 6.07) is 6.63. The minimum Gasteiger partial charge on any atom is -0.322 e. The molecule has 1 aromatic rings. The first kappa shape index (κ1) is 16.4. The summed E-state index contributed by atoms with van der Waals surface area (Å²) in [5.74, 6) is 1.67. The van der Waals surface area contributed by atoms with Crippen LogP contribution in [0.4, 0.5) is 4.79 Å². The molecule has 0 unspecified atom stereocenters. The van der Waals surface area contributed by atoms with E-state index in [2.05, 4.69) is 20.7 Å². The largest absolute Gasteiger partial charge is 0.331 e. The predicted molar refractivity (Wildman–Crippen MR) is 89.5 cm³/mol. The maximum Gasteiger partial charge on any atom is 0.331 e. The second-order valence-corrected chi connectivity index (χ2v) is 8.11. The number of urea groups is 1. The number of nitrogens with zero attached hydrogens (tertiary/aromatic N) is 1. The average molecular weight is 391 g/mol. The molecule has 1 aliphatic rings. The van der Waals surface area contributed by atoms with E-state index in [-0.39, 0.29) is 0 Å². The van der Waals surface area contributed by atoms with Crippen LogP contribution in [0.5, 0.6) is 0 Å². The van der Waals surface area contributed by atoms with Crippen LogP contribution in [0, 0.1) is 0 Å². The van der Waals surface area contributed by atoms with Crippen LogP contribution in [0.1, 0.15) is 5.56 Å². The number of nitrogens with one attached hydrogen (secondary N) is 1. The highest BCUT2D eigenvalue weighted by atomic mass is 79.9. The molecule has 0 aromatic heterocycles. The summed E-state index contributed by atoms with van der Waals surface area (Å²) < 4.78 is 26.7. The summed E-state index contributed by atoms with van der Waals surface area (Å²) in [4.78, 5) is 13.4. The van der Waals surface area contributed by atoms with Crippen molar-refractivity contribution in [3.8, 4) is 0 Å². The van der Waals surface area contributed by atoms with Gasteiger partial charge in [0.05, 0.1) is 5.41 Å². The van der Waals surface area contributed by atoms with Crippen molar-refractivity contribution in [2.24, 2.45) is 0 Å². The maximum absolute atomic E-state index is 11.9. The molecule has 114 valence electrons. The third kappa shape index (κ3) is 5.37. The van der Waals surface area contributed by atoms with E-state index in [1.807, 2.05) is 12.1 Å². The molecule has 8 heteroatoms. The number of benzene rings is 1. The van der Waals surface area contributed by atoms with Crippen molar-refractivity contribution >= 4 is 49.8 Å². The number of rotatable bonds is 3. The Hall–Kier alpha value is -0.990. The lowest BCUT2D eigenvalue weighted by Crippen LogP contribution is -2.45. The van der Waals surface area contributed by atoms with Crippen molar-refractivity contribution < 1.29 is 13.2 Å². The fraction of sp³-hybridized carbons (Fsp3) is 0.308. The van der Waals surface area contributed by atoms with Crippen molar-refractivity contribution in [1.82, 2.24) is 9.62 Å². The van der Waals surface area contributed by atoms with E-state index in [4.69, 9.17) is 0 Å². The third-order valence-electron chi connectivity index (χ3n) is 2.84. The zero-order valence-corrected chi connectivity index (χ0v) is 14.4. The molecule has 0 bridgehead atoms. The Morgan fingerprint density at radius 1 is 1.24 bits per heavy atom. The number of carbonyl (C=O) groups is 1. The molecule has 1 fully saturated rings. The number of amides is 2. The molecule has 0 atom stereocenters. The Bertz CT molecular complexity index is 623. The first-order chi connectivity index (χ1) is 9.96. The maximum atomic E-state index is 11.9. The fourth-order valence-corrected chi connectivity index (χ4v) is 3.67. The minimum absolute atomic E-state index is 0.559. The van der Waals surface area contributed by atoms with E-state index in [9.17, 15) is 13.2 Å². The Morgan fingerprint density at radius 3 is 2.48 bits per heavy atom. The predicted octanol–water partition coefficient (Wildman–Crippen LogP) is 2.51. The summed E-state index contributed by atoms with van der Waals surface area (Å²) >= 11 is 5.06. The monoisotopic (exact) mass is 390 g/mol. The molecule has 2 amide bonds. The number of halogens is 1. The number of thioether (sulfide) groups is 1. The van der Waals surface area contributed by atoms with Gasteiger partial charge in [-0.05, 0) is 23.8 Å². The lowest BCUT2D eigenvalue weighted by atomic mass is 10.2. The van der Waals surface area contributed by atoms with Gasteiger partial charge in [-0.3, -0.25) is 0 Å². The lowest BCUT2D eigenvalue weighted by Gasteiger charge is -2.25. The topological polar surface area (TPSA) is 66.5 Å². The van der Waals surface area contributed by atoms with Gasteiger partial charge in [0.2, 0.25) is 0 Å². The Morgan fingerprint density at radius 2 is 1.86 bits per heavy atom. The van der Waals surface area contributed by atoms with Crippen LogP contribution in [0.3, 0.4) is 0 Å². The highest BCUT2D eigenvalue weighted by Crippen LogP contribution is 2.12. The first-order valence-corrected chi connectivity index (χ1v) is 9.79. The summed E-state index contributed by atoms with van der Waals surface area (Å²) in [5, 5.41) is 1.01. The van der Waals surface area contributed by atoms with Crippen LogP contribution in [-0.4, -0.2) is 43.9 Å². The summed E-state index contributed by atoms with van der Waals surface area (Å²) in [6.07, 6.45) is 1.45. The molecule has 1 saturated heterocycles. The van der Waals surface area contributed by atoms with E-state index in [0.29, 0.717) is 13.1 Å². The molecule has 1 aliphatic heterocycles. The van der Waals surface area contributed by atoms with Crippen LogP contribution >= 0.6 is 27.7 Å². The summed E-state index contributed by atoms with van der Waals surface area (Å²) in [5.41, 5.74) is 0.741. The molecule has 0 aliphatic carbocycles. The standard InChI is InChI=1S/C13H15BrN2O3S2/c14-12-3-1-11(2-4-12)5-10-21(18,19)15-13(17)16-6-8-20-9-7-16/h1-5,10H,6-9H2,(H,15,17)/b10-5+. The second-order valence-electron chi connectivity index (χ2n) is 4.41. The first-order valence-electron chi connectivity index (χ1n) is 6.29. The average Bonchev–Trinajstić information content (AvgIpc) is 2.47. The zero-order valence-electron chi connectivity index (χ0n) is 11.2. The molecule has 1 N–H and O–H groups in total. The Labute approximate surface area is 137 Å². The molecular weight excluding hydrogens is 376 g/mol. The zero-order chi connectivity index (χ0) is 15.3. The number of carbonyl (C=O) groups excluding carboxylic acids is 1. The molecule has 0 saturated carbocycles. The van der Waals surface area contributed by atoms with E-state index >= 15 is 0 Å². The van der Waals surface area contributed by atoms with E-state index in [1.165, 1.54) is 11.0 Å². The number of hydrogen-bond donors (Lipinski definition) is 1. The lowest BCUT2D eigenvalue weighted by molar-refractivity contribution is 0.209. The summed E-state index contributed by atoms with van der Waals surface area (Å²) in [7, 11) is -3.78. The van der Waals surface area contributed by atoms with Crippen molar-refractivity contribution in [2.45, 2.75) is 0 Å². The van der Waals surface area contributed by atoms with Gasteiger partial charge in [-0.2, -0.15) is 11.8 Å². The van der Waals surface area contributed by atoms with E-state index in [1.54, 1.807) is 23.9 Å². The molecular formula is C13H15BrN2O3S2. The van der Waals surface area contributed by atoms with Crippen molar-refractivity contribution in [3.05, 3.63) is 39.7 Å². The minimum atomic E-state index is -3.78. The SMILES string of the molecule is O=C(NS(=O)(=O)/C=C/c1ccc(Br)cc1)N1CCSCC1. The van der Waals surface area contributed by atoms with Crippen LogP contribution in [-0.2, 0) is 10.0 Å². The molecule has 0 spiro atoms. The van der Waals surface area contributed by atoms with Crippen LogP contribution in [0.2, 0.25) is 0 Å². The molecule has 1 aromatic carbocycles. The van der Waals surface area contributed by atoms with Gasteiger partial charge in [0, 0.05) is 29.1 Å². The highest BCUT2D eigenvalue weighted by Gasteiger charge is 2.20. The van der Waals surface area contributed by atoms with E-state index < -0.39 is 16.1 Å². The van der Waals surface area contributed by atoms with Crippen molar-refractivity contribution in [3.63, 3.8) is 0 Å². The Kier molecular flexibility index (Phi) is 5.72. The number of hydrogen-bond acceptors (Lipinski definition) is 4. The number of sulfonamides is 1. The summed E-state index contributed by atoms with van der Waals surface area (Å²) in [6.45, 7) is 1.14. The molecule has 5 nitrogen and oxygen atoms in total. The van der Waals surface area contributed by atoms with Gasteiger partial charge in [-0.25, -0.2) is 17.9 Å². The quantitative estimate of drug-likeness (QED) is 0.860. The van der Waals surface area contributed by atoms with Gasteiger partial charge in [0.25, 0.3) is 10.0 Å². The van der Waals surface area contributed by atoms with Gasteiger partial charge in [-0.15, -0.1) is 0 Å². The molecule has 1 heterocycles. The van der Waals surface area contributed by atoms with Crippen molar-refractivity contribution in [1.29, 1.82) is 0 Å². The highest BCUT2D eigenvalue weighted by molar-refractivity contribution is 9.10. The normalized spacial score (nSPS) is 16.1. The van der Waals surface area contributed by atoms with E-state index in [0.717, 1.165) is 26.9 Å². The van der Waals surface area contributed by atoms with Crippen LogP contribution in [0.25, 0.3) is 6.08 Å². The van der Waals surface area contributed by atoms with Crippen LogP contribution in [0.15, 0.2) is 34.1 Å².